The Morgan fingerprint density at radius 2 is 2.31 bits per heavy atom. The Morgan fingerprint density at radius 1 is 1.62 bits per heavy atom. The Morgan fingerprint density at radius 3 is 2.77 bits per heavy atom. The third-order valence-corrected chi connectivity index (χ3v) is 2.30. The second-order valence-electron chi connectivity index (χ2n) is 3.82. The van der Waals surface area contributed by atoms with Crippen LogP contribution in [0.5, 0.6) is 0 Å². The van der Waals surface area contributed by atoms with E-state index in [1.807, 2.05) is 20.9 Å². The first-order chi connectivity index (χ1) is 6.11. The van der Waals surface area contributed by atoms with Crippen molar-refractivity contribution in [1.29, 1.82) is 0 Å². The van der Waals surface area contributed by atoms with Gasteiger partial charge in [-0.15, -0.1) is 0 Å². The van der Waals surface area contributed by atoms with Crippen LogP contribution in [0, 0.1) is 5.92 Å². The number of guanidine groups is 1. The lowest BCUT2D eigenvalue weighted by molar-refractivity contribution is 0.128. The smallest absolute Gasteiger partial charge is 0.193 e. The topological polar surface area (TPSA) is 47.9 Å². The van der Waals surface area contributed by atoms with E-state index in [2.05, 4.69) is 15.2 Å². The normalized spacial score (nSPS) is 19.2. The number of aliphatic hydroxyl groups excluding tert-OH is 1. The average molecular weight is 185 g/mol. The fourth-order valence-electron chi connectivity index (χ4n) is 1.15. The van der Waals surface area contributed by atoms with Gasteiger partial charge >= 0.3 is 0 Å². The molecule has 13 heavy (non-hydrogen) atoms. The average Bonchev–Trinajstić information content (AvgIpc) is 2.47. The third kappa shape index (κ3) is 2.88. The van der Waals surface area contributed by atoms with Gasteiger partial charge in [0.15, 0.2) is 5.96 Å². The van der Waals surface area contributed by atoms with Crippen LogP contribution in [0.1, 0.15) is 13.8 Å². The Hall–Kier alpha value is -0.770. The lowest BCUT2D eigenvalue weighted by atomic mass is 10.1. The highest BCUT2D eigenvalue weighted by Gasteiger charge is 2.14. The molecule has 1 heterocycles. The van der Waals surface area contributed by atoms with Gasteiger partial charge in [-0.05, 0) is 5.92 Å². The molecule has 0 aliphatic carbocycles. The van der Waals surface area contributed by atoms with E-state index in [0.29, 0.717) is 12.5 Å². The van der Waals surface area contributed by atoms with Gasteiger partial charge in [0.25, 0.3) is 0 Å². The molecule has 0 spiro atoms. The number of likely N-dealkylation sites (N-methyl/N-ethyl adjacent to an activating group) is 1. The van der Waals surface area contributed by atoms with Gasteiger partial charge in [0.05, 0.1) is 12.6 Å². The first-order valence-electron chi connectivity index (χ1n) is 4.78. The van der Waals surface area contributed by atoms with Gasteiger partial charge in [0.2, 0.25) is 0 Å². The lowest BCUT2D eigenvalue weighted by Crippen LogP contribution is -2.40. The Balaban J connectivity index is 2.26. The highest BCUT2D eigenvalue weighted by atomic mass is 16.3. The largest absolute Gasteiger partial charge is 0.391 e. The fourth-order valence-corrected chi connectivity index (χ4v) is 1.15. The first-order valence-corrected chi connectivity index (χ1v) is 4.78. The highest BCUT2D eigenvalue weighted by molar-refractivity contribution is 5.81. The van der Waals surface area contributed by atoms with Crippen molar-refractivity contribution < 1.29 is 5.11 Å². The van der Waals surface area contributed by atoms with Gasteiger partial charge in [0, 0.05) is 20.1 Å². The number of nitrogens with one attached hydrogen (secondary N) is 1. The monoisotopic (exact) mass is 185 g/mol. The van der Waals surface area contributed by atoms with E-state index in [1.54, 1.807) is 0 Å². The molecule has 0 amide bonds. The molecular weight excluding hydrogens is 166 g/mol. The quantitative estimate of drug-likeness (QED) is 0.645. The molecule has 1 atom stereocenters. The maximum Gasteiger partial charge on any atom is 0.193 e. The maximum absolute atomic E-state index is 9.54. The second-order valence-corrected chi connectivity index (χ2v) is 3.82. The number of aliphatic hydroxyl groups is 1. The summed E-state index contributed by atoms with van der Waals surface area (Å²) in [7, 11) is 2.00. The standard InChI is InChI=1S/C9H19N3O/c1-7(2)8(13)6-11-9-10-4-5-12(9)3/h7-8,13H,4-6H2,1-3H3,(H,10,11). The zero-order valence-electron chi connectivity index (χ0n) is 8.62. The predicted octanol–water partition coefficient (Wildman–Crippen LogP) is -0.106. The molecule has 1 rings (SSSR count). The van der Waals surface area contributed by atoms with Crippen LogP contribution in [-0.2, 0) is 0 Å². The zero-order chi connectivity index (χ0) is 9.84. The third-order valence-electron chi connectivity index (χ3n) is 2.30. The summed E-state index contributed by atoms with van der Waals surface area (Å²) in [6, 6.07) is 0. The predicted molar refractivity (Wildman–Crippen MR) is 53.8 cm³/mol. The van der Waals surface area contributed by atoms with Gasteiger partial charge in [-0.2, -0.15) is 0 Å². The molecule has 76 valence electrons. The molecule has 0 aromatic rings. The summed E-state index contributed by atoms with van der Waals surface area (Å²) in [5.74, 6) is 1.19. The zero-order valence-corrected chi connectivity index (χ0v) is 8.62. The number of hydrogen-bond donors (Lipinski definition) is 2. The van der Waals surface area contributed by atoms with Crippen LogP contribution in [0.25, 0.3) is 0 Å². The summed E-state index contributed by atoms with van der Waals surface area (Å²) in [6.07, 6.45) is -0.295. The SMILES string of the molecule is CC(C)C(O)CNC1=NCCN1C. The van der Waals surface area contributed by atoms with Gasteiger partial charge in [-0.1, -0.05) is 13.8 Å². The summed E-state index contributed by atoms with van der Waals surface area (Å²) in [5, 5.41) is 12.7. The van der Waals surface area contributed by atoms with Crippen molar-refractivity contribution in [3.05, 3.63) is 0 Å². The van der Waals surface area contributed by atoms with Crippen molar-refractivity contribution in [2.24, 2.45) is 10.9 Å². The van der Waals surface area contributed by atoms with E-state index in [-0.39, 0.29) is 6.10 Å². The Labute approximate surface area is 79.7 Å². The molecule has 1 aliphatic heterocycles. The molecule has 1 unspecified atom stereocenters. The maximum atomic E-state index is 9.54. The molecule has 0 saturated carbocycles. The summed E-state index contributed by atoms with van der Waals surface area (Å²) in [6.45, 7) is 6.43. The molecule has 0 saturated heterocycles. The van der Waals surface area contributed by atoms with E-state index < -0.39 is 0 Å². The van der Waals surface area contributed by atoms with E-state index >= 15 is 0 Å². The number of rotatable bonds is 3. The summed E-state index contributed by atoms with van der Waals surface area (Å²) < 4.78 is 0. The van der Waals surface area contributed by atoms with Crippen molar-refractivity contribution in [2.45, 2.75) is 20.0 Å². The van der Waals surface area contributed by atoms with Gasteiger partial charge in [0.1, 0.15) is 0 Å². The van der Waals surface area contributed by atoms with Crippen molar-refractivity contribution in [1.82, 2.24) is 10.2 Å². The minimum absolute atomic E-state index is 0.291. The number of aliphatic imine (C=N–C) groups is 1. The molecular formula is C9H19N3O. The lowest BCUT2D eigenvalue weighted by Gasteiger charge is -2.19. The summed E-state index contributed by atoms with van der Waals surface area (Å²) in [5.41, 5.74) is 0. The molecule has 0 fully saturated rings. The van der Waals surface area contributed by atoms with E-state index in [9.17, 15) is 5.11 Å². The molecule has 0 bridgehead atoms. The molecule has 0 aromatic carbocycles. The van der Waals surface area contributed by atoms with E-state index in [1.165, 1.54) is 0 Å². The van der Waals surface area contributed by atoms with Crippen LogP contribution in [0.4, 0.5) is 0 Å². The Bertz CT molecular complexity index is 191. The van der Waals surface area contributed by atoms with Crippen LogP contribution in [0.3, 0.4) is 0 Å². The molecule has 2 N–H and O–H groups in total. The van der Waals surface area contributed by atoms with Crippen molar-refractivity contribution in [3.63, 3.8) is 0 Å². The van der Waals surface area contributed by atoms with Crippen molar-refractivity contribution >= 4 is 5.96 Å². The van der Waals surface area contributed by atoms with Crippen LogP contribution in [0.15, 0.2) is 4.99 Å². The van der Waals surface area contributed by atoms with Gasteiger partial charge in [-0.3, -0.25) is 4.99 Å². The van der Waals surface area contributed by atoms with Crippen LogP contribution in [0.2, 0.25) is 0 Å². The minimum atomic E-state index is -0.295. The van der Waals surface area contributed by atoms with Crippen molar-refractivity contribution in [3.8, 4) is 0 Å². The number of nitrogens with zero attached hydrogens (tertiary/aromatic N) is 2. The second kappa shape index (κ2) is 4.46. The first kappa shape index (κ1) is 10.3. The molecule has 0 radical (unpaired) electrons. The molecule has 1 aliphatic rings. The fraction of sp³-hybridized carbons (Fsp3) is 0.889. The van der Waals surface area contributed by atoms with Gasteiger partial charge in [-0.25, -0.2) is 0 Å². The highest BCUT2D eigenvalue weighted by Crippen LogP contribution is 2.00. The van der Waals surface area contributed by atoms with Crippen LogP contribution < -0.4 is 5.32 Å². The molecule has 0 aromatic heterocycles. The van der Waals surface area contributed by atoms with E-state index in [0.717, 1.165) is 19.0 Å². The minimum Gasteiger partial charge on any atom is -0.391 e. The van der Waals surface area contributed by atoms with Crippen LogP contribution in [-0.4, -0.2) is 48.8 Å². The summed E-state index contributed by atoms with van der Waals surface area (Å²) >= 11 is 0. The van der Waals surface area contributed by atoms with Crippen molar-refractivity contribution in [2.75, 3.05) is 26.7 Å². The van der Waals surface area contributed by atoms with E-state index in [4.69, 9.17) is 0 Å². The summed E-state index contributed by atoms with van der Waals surface area (Å²) in [4.78, 5) is 6.33. The number of hydrogen-bond acceptors (Lipinski definition) is 4. The van der Waals surface area contributed by atoms with Crippen LogP contribution >= 0.6 is 0 Å². The van der Waals surface area contributed by atoms with Gasteiger partial charge < -0.3 is 15.3 Å². The molecule has 4 heteroatoms. The molecule has 4 nitrogen and oxygen atoms in total. The Kier molecular flexibility index (Phi) is 3.54.